The highest BCUT2D eigenvalue weighted by molar-refractivity contribution is 7.09. The second-order valence-corrected chi connectivity index (χ2v) is 11.0. The van der Waals surface area contributed by atoms with Gasteiger partial charge in [-0.2, -0.15) is 0 Å². The van der Waals surface area contributed by atoms with Gasteiger partial charge in [-0.05, 0) is 70.3 Å². The standard InChI is InChI=1S/C29H30N6OS/c1-20-13-14-22-17-25(29(36)30-26(22)16-20)27(28-31-32-33-35(28)23-10-5-6-11-23)34(19-24-12-7-15-37-24)18-21-8-3-2-4-9-21/h2-4,7-9,12-17,23,27H,5-6,10-11,18-19H2,1H3,(H,30,36)/t27-/m1/s1. The Bertz CT molecular complexity index is 1540. The van der Waals surface area contributed by atoms with Crippen LogP contribution in [0.15, 0.2) is 76.9 Å². The predicted molar refractivity (Wildman–Crippen MR) is 146 cm³/mol. The zero-order chi connectivity index (χ0) is 25.2. The van der Waals surface area contributed by atoms with E-state index in [0.717, 1.165) is 35.1 Å². The molecule has 0 saturated heterocycles. The second kappa shape index (κ2) is 10.4. The molecule has 1 aliphatic rings. The molecule has 0 spiro atoms. The number of fused-ring (bicyclic) bond motifs is 1. The van der Waals surface area contributed by atoms with Crippen molar-refractivity contribution in [2.75, 3.05) is 0 Å². The average Bonchev–Trinajstić information content (AvgIpc) is 3.68. The summed E-state index contributed by atoms with van der Waals surface area (Å²) in [4.78, 5) is 20.4. The molecule has 0 bridgehead atoms. The van der Waals surface area contributed by atoms with Crippen molar-refractivity contribution in [1.82, 2.24) is 30.1 Å². The quantitative estimate of drug-likeness (QED) is 0.286. The van der Waals surface area contributed by atoms with Gasteiger partial charge in [0.2, 0.25) is 0 Å². The molecule has 3 heterocycles. The van der Waals surface area contributed by atoms with Crippen LogP contribution in [-0.4, -0.2) is 30.1 Å². The molecule has 0 aliphatic heterocycles. The van der Waals surface area contributed by atoms with Gasteiger partial charge in [-0.15, -0.1) is 16.4 Å². The monoisotopic (exact) mass is 510 g/mol. The van der Waals surface area contributed by atoms with Crippen LogP contribution in [0.3, 0.4) is 0 Å². The Balaban J connectivity index is 1.53. The summed E-state index contributed by atoms with van der Waals surface area (Å²) in [6.07, 6.45) is 4.46. The first-order valence-electron chi connectivity index (χ1n) is 12.9. The van der Waals surface area contributed by atoms with Crippen molar-refractivity contribution in [2.24, 2.45) is 0 Å². The number of hydrogen-bond donors (Lipinski definition) is 1. The lowest BCUT2D eigenvalue weighted by Crippen LogP contribution is -2.35. The fourth-order valence-electron chi connectivity index (χ4n) is 5.48. The van der Waals surface area contributed by atoms with Crippen LogP contribution in [-0.2, 0) is 13.1 Å². The number of aromatic nitrogens is 5. The number of hydrogen-bond acceptors (Lipinski definition) is 6. The molecule has 1 saturated carbocycles. The Hall–Kier alpha value is -3.62. The summed E-state index contributed by atoms with van der Waals surface area (Å²) in [5, 5.41) is 16.3. The van der Waals surface area contributed by atoms with E-state index in [4.69, 9.17) is 0 Å². The molecule has 2 aromatic carbocycles. The number of aryl methyl sites for hydroxylation is 1. The van der Waals surface area contributed by atoms with E-state index in [-0.39, 0.29) is 11.6 Å². The maximum Gasteiger partial charge on any atom is 0.253 e. The van der Waals surface area contributed by atoms with Gasteiger partial charge in [0.05, 0.1) is 6.04 Å². The molecule has 6 rings (SSSR count). The van der Waals surface area contributed by atoms with Crippen LogP contribution in [0.1, 0.15) is 65.2 Å². The van der Waals surface area contributed by atoms with Gasteiger partial charge in [-0.25, -0.2) is 4.68 Å². The summed E-state index contributed by atoms with van der Waals surface area (Å²) < 4.78 is 1.99. The van der Waals surface area contributed by atoms with Crippen molar-refractivity contribution in [1.29, 1.82) is 0 Å². The van der Waals surface area contributed by atoms with Gasteiger partial charge in [0.15, 0.2) is 5.82 Å². The van der Waals surface area contributed by atoms with Gasteiger partial charge in [0.1, 0.15) is 6.04 Å². The molecule has 0 radical (unpaired) electrons. The van der Waals surface area contributed by atoms with Crippen molar-refractivity contribution in [3.8, 4) is 0 Å². The Morgan fingerprint density at radius 3 is 2.68 bits per heavy atom. The number of nitrogens with zero attached hydrogens (tertiary/aromatic N) is 5. The van der Waals surface area contributed by atoms with Crippen molar-refractivity contribution in [3.05, 3.63) is 110 Å². The number of pyridine rings is 1. The number of benzene rings is 2. The van der Waals surface area contributed by atoms with Crippen LogP contribution in [0.25, 0.3) is 10.9 Å². The molecule has 0 amide bonds. The molecular weight excluding hydrogens is 480 g/mol. The summed E-state index contributed by atoms with van der Waals surface area (Å²) in [6, 6.07) is 22.7. The van der Waals surface area contributed by atoms with E-state index in [1.807, 2.05) is 29.8 Å². The minimum atomic E-state index is -0.410. The maximum absolute atomic E-state index is 13.7. The average molecular weight is 511 g/mol. The highest BCUT2D eigenvalue weighted by Gasteiger charge is 2.33. The molecule has 1 atom stereocenters. The third kappa shape index (κ3) is 4.99. The minimum Gasteiger partial charge on any atom is -0.322 e. The molecule has 0 unspecified atom stereocenters. The van der Waals surface area contributed by atoms with E-state index >= 15 is 0 Å². The van der Waals surface area contributed by atoms with E-state index in [2.05, 4.69) is 79.3 Å². The summed E-state index contributed by atoms with van der Waals surface area (Å²) in [7, 11) is 0. The largest absolute Gasteiger partial charge is 0.322 e. The number of nitrogens with one attached hydrogen (secondary N) is 1. The third-order valence-electron chi connectivity index (χ3n) is 7.29. The fourth-order valence-corrected chi connectivity index (χ4v) is 6.21. The topological polar surface area (TPSA) is 79.7 Å². The first-order valence-corrected chi connectivity index (χ1v) is 13.8. The van der Waals surface area contributed by atoms with Gasteiger partial charge in [-0.1, -0.05) is 61.4 Å². The van der Waals surface area contributed by atoms with Crippen molar-refractivity contribution < 1.29 is 0 Å². The first kappa shape index (κ1) is 23.8. The molecule has 8 heteroatoms. The molecular formula is C29H30N6OS. The number of tetrazole rings is 1. The van der Waals surface area contributed by atoms with E-state index < -0.39 is 6.04 Å². The zero-order valence-electron chi connectivity index (χ0n) is 20.9. The van der Waals surface area contributed by atoms with E-state index in [1.165, 1.54) is 23.3 Å². The van der Waals surface area contributed by atoms with Gasteiger partial charge in [-0.3, -0.25) is 9.69 Å². The molecule has 3 aromatic heterocycles. The first-order chi connectivity index (χ1) is 18.2. The molecule has 1 aliphatic carbocycles. The molecule has 1 N–H and O–H groups in total. The van der Waals surface area contributed by atoms with Crippen LogP contribution < -0.4 is 5.56 Å². The number of aromatic amines is 1. The van der Waals surface area contributed by atoms with E-state index in [9.17, 15) is 4.79 Å². The van der Waals surface area contributed by atoms with Crippen molar-refractivity contribution in [2.45, 2.75) is 57.8 Å². The highest BCUT2D eigenvalue weighted by Crippen LogP contribution is 2.35. The van der Waals surface area contributed by atoms with Gasteiger partial charge >= 0.3 is 0 Å². The van der Waals surface area contributed by atoms with Gasteiger partial charge in [0, 0.05) is 29.0 Å². The number of rotatable bonds is 8. The Labute approximate surface area is 219 Å². The fraction of sp³-hybridized carbons (Fsp3) is 0.310. The van der Waals surface area contributed by atoms with Gasteiger partial charge < -0.3 is 4.98 Å². The molecule has 188 valence electrons. The van der Waals surface area contributed by atoms with Crippen LogP contribution in [0.4, 0.5) is 0 Å². The third-order valence-corrected chi connectivity index (χ3v) is 8.15. The number of H-pyrrole nitrogens is 1. The highest BCUT2D eigenvalue weighted by atomic mass is 32.1. The lowest BCUT2D eigenvalue weighted by Gasteiger charge is -2.31. The Morgan fingerprint density at radius 2 is 1.89 bits per heavy atom. The molecule has 5 aromatic rings. The lowest BCUT2D eigenvalue weighted by atomic mass is 10.0. The Kier molecular flexibility index (Phi) is 6.68. The van der Waals surface area contributed by atoms with Gasteiger partial charge in [0.25, 0.3) is 5.56 Å². The molecule has 1 fully saturated rings. The van der Waals surface area contributed by atoms with Crippen LogP contribution in [0, 0.1) is 6.92 Å². The molecule has 7 nitrogen and oxygen atoms in total. The van der Waals surface area contributed by atoms with Crippen LogP contribution in [0.5, 0.6) is 0 Å². The van der Waals surface area contributed by atoms with Crippen molar-refractivity contribution >= 4 is 22.2 Å². The van der Waals surface area contributed by atoms with Crippen molar-refractivity contribution in [3.63, 3.8) is 0 Å². The minimum absolute atomic E-state index is 0.103. The maximum atomic E-state index is 13.7. The summed E-state index contributed by atoms with van der Waals surface area (Å²) in [5.41, 5.74) is 3.69. The second-order valence-electron chi connectivity index (χ2n) is 9.94. The summed E-state index contributed by atoms with van der Waals surface area (Å²) in [5.74, 6) is 0.733. The van der Waals surface area contributed by atoms with E-state index in [0.29, 0.717) is 18.7 Å². The smallest absolute Gasteiger partial charge is 0.253 e. The normalized spacial score (nSPS) is 15.1. The predicted octanol–water partition coefficient (Wildman–Crippen LogP) is 5.79. The lowest BCUT2D eigenvalue weighted by molar-refractivity contribution is 0.192. The number of thiophene rings is 1. The summed E-state index contributed by atoms with van der Waals surface area (Å²) >= 11 is 1.72. The SMILES string of the molecule is Cc1ccc2cc([C@H](c3nnnn3C3CCCC3)N(Cc3ccccc3)Cc3cccs3)c(=O)[nH]c2c1. The van der Waals surface area contributed by atoms with Crippen LogP contribution in [0.2, 0.25) is 0 Å². The zero-order valence-corrected chi connectivity index (χ0v) is 21.7. The van der Waals surface area contributed by atoms with E-state index in [1.54, 1.807) is 11.3 Å². The summed E-state index contributed by atoms with van der Waals surface area (Å²) in [6.45, 7) is 3.37. The Morgan fingerprint density at radius 1 is 1.05 bits per heavy atom. The van der Waals surface area contributed by atoms with Crippen LogP contribution >= 0.6 is 11.3 Å². The molecule has 37 heavy (non-hydrogen) atoms.